The first kappa shape index (κ1) is 15.1. The van der Waals surface area contributed by atoms with E-state index in [4.69, 9.17) is 0 Å². The summed E-state index contributed by atoms with van der Waals surface area (Å²) >= 11 is 1.57. The molecule has 0 radical (unpaired) electrons. The third kappa shape index (κ3) is 2.64. The highest BCUT2D eigenvalue weighted by Gasteiger charge is 2.28. The lowest BCUT2D eigenvalue weighted by Gasteiger charge is -2.26. The molecule has 1 aliphatic heterocycles. The van der Waals surface area contributed by atoms with Gasteiger partial charge in [-0.15, -0.1) is 11.3 Å². The Morgan fingerprint density at radius 2 is 2.36 bits per heavy atom. The van der Waals surface area contributed by atoms with Gasteiger partial charge >= 0.3 is 5.56 Å². The zero-order chi connectivity index (χ0) is 15.9. The van der Waals surface area contributed by atoms with E-state index in [2.05, 4.69) is 9.97 Å². The number of thiophene rings is 1. The minimum absolute atomic E-state index is 0.114. The summed E-state index contributed by atoms with van der Waals surface area (Å²) in [6.07, 6.45) is -0.0526. The predicted octanol–water partition coefficient (Wildman–Crippen LogP) is -0.361. The molecule has 3 heterocycles. The normalized spacial score (nSPS) is 19.6. The number of fused-ring (bicyclic) bond motifs is 1. The van der Waals surface area contributed by atoms with Gasteiger partial charge in [0.15, 0.2) is 0 Å². The number of β-amino-alcohol motifs (C(OH)–C–C–N with tert-alkyl or cyclic N) is 1. The zero-order valence-electron chi connectivity index (χ0n) is 11.9. The molecule has 1 aliphatic rings. The third-order valence-corrected chi connectivity index (χ3v) is 4.67. The number of aliphatic hydroxyl groups is 1. The first-order valence-electron chi connectivity index (χ1n) is 6.81. The van der Waals surface area contributed by atoms with Crippen molar-refractivity contribution in [3.8, 4) is 0 Å². The molecule has 0 amide bonds. The van der Waals surface area contributed by atoms with Crippen molar-refractivity contribution in [2.75, 3.05) is 18.0 Å². The summed E-state index contributed by atoms with van der Waals surface area (Å²) in [6, 6.07) is 1.88. The highest BCUT2D eigenvalue weighted by Crippen LogP contribution is 2.30. The molecule has 2 aromatic rings. The van der Waals surface area contributed by atoms with Crippen LogP contribution in [0, 0.1) is 12.1 Å². The van der Waals surface area contributed by atoms with Crippen LogP contribution >= 0.6 is 11.3 Å². The number of aryl methyl sites for hydroxylation is 1. The van der Waals surface area contributed by atoms with Crippen molar-refractivity contribution in [2.24, 2.45) is 0 Å². The molecule has 4 N–H and O–H groups in total. The number of hydrogen-bond donors (Lipinski definition) is 4. The van der Waals surface area contributed by atoms with Crippen molar-refractivity contribution >= 4 is 22.8 Å². The van der Waals surface area contributed by atoms with Crippen molar-refractivity contribution in [3.63, 3.8) is 0 Å². The van der Waals surface area contributed by atoms with Crippen molar-refractivity contribution in [1.29, 1.82) is 0 Å². The standard InChI is InChI=1S/C13H16N4O4S/c1-7-14-12(11(17(20)21)13(19)15-7)16-4-2-10-8(3-5-22-10)9(18)6-16/h3,5,9,17-18,20H,2,4,6H2,1H3,(H,14,15,19). The number of H-pyrrole nitrogens is 1. The van der Waals surface area contributed by atoms with E-state index in [-0.39, 0.29) is 18.1 Å². The van der Waals surface area contributed by atoms with Gasteiger partial charge in [-0.3, -0.25) is 4.79 Å². The molecule has 22 heavy (non-hydrogen) atoms. The Hall–Kier alpha value is -1.78. The van der Waals surface area contributed by atoms with Gasteiger partial charge in [0, 0.05) is 18.0 Å². The summed E-state index contributed by atoms with van der Waals surface area (Å²) < 4.78 is 0. The molecule has 0 aliphatic carbocycles. The van der Waals surface area contributed by atoms with Gasteiger partial charge in [0.1, 0.15) is 5.82 Å². The van der Waals surface area contributed by atoms with Crippen molar-refractivity contribution in [1.82, 2.24) is 9.97 Å². The largest absolute Gasteiger partial charge is 0.595 e. The lowest BCUT2D eigenvalue weighted by atomic mass is 10.1. The highest BCUT2D eigenvalue weighted by atomic mass is 32.1. The Balaban J connectivity index is 2.02. The second-order valence-corrected chi connectivity index (χ2v) is 6.17. The number of quaternary nitrogens is 1. The summed E-state index contributed by atoms with van der Waals surface area (Å²) in [5, 5.41) is 31.6. The monoisotopic (exact) mass is 324 g/mol. The van der Waals surface area contributed by atoms with E-state index in [1.807, 2.05) is 11.4 Å². The van der Waals surface area contributed by atoms with Crippen LogP contribution in [0.25, 0.3) is 0 Å². The SMILES string of the molecule is Cc1nc(N2CCc3sccc3C(O)C2)c([NH+]([O-])O)c(=O)[nH]1. The molecule has 0 aromatic carbocycles. The molecular formula is C13H16N4O4S. The maximum Gasteiger partial charge on any atom is 0.318 e. The summed E-state index contributed by atoms with van der Waals surface area (Å²) in [4.78, 5) is 21.3. The van der Waals surface area contributed by atoms with Crippen LogP contribution in [0.15, 0.2) is 16.2 Å². The molecule has 8 nitrogen and oxygen atoms in total. The lowest BCUT2D eigenvalue weighted by molar-refractivity contribution is -0.991. The molecule has 2 atom stereocenters. The van der Waals surface area contributed by atoms with Crippen molar-refractivity contribution < 1.29 is 15.5 Å². The zero-order valence-corrected chi connectivity index (χ0v) is 12.7. The number of aliphatic hydroxyl groups excluding tert-OH is 1. The Kier molecular flexibility index (Phi) is 3.98. The van der Waals surface area contributed by atoms with Crippen LogP contribution in [0.1, 0.15) is 22.4 Å². The van der Waals surface area contributed by atoms with E-state index in [0.717, 1.165) is 10.4 Å². The molecule has 0 bridgehead atoms. The Morgan fingerprint density at radius 3 is 3.09 bits per heavy atom. The van der Waals surface area contributed by atoms with Crippen molar-refractivity contribution in [2.45, 2.75) is 19.4 Å². The fourth-order valence-electron chi connectivity index (χ4n) is 2.67. The smallest absolute Gasteiger partial charge is 0.318 e. The van der Waals surface area contributed by atoms with Crippen LogP contribution in [0.3, 0.4) is 0 Å². The van der Waals surface area contributed by atoms with E-state index in [9.17, 15) is 20.3 Å². The number of hydrogen-bond acceptors (Lipinski definition) is 7. The van der Waals surface area contributed by atoms with E-state index in [0.29, 0.717) is 18.8 Å². The molecule has 0 saturated heterocycles. The predicted molar refractivity (Wildman–Crippen MR) is 80.6 cm³/mol. The Bertz CT molecular complexity index is 742. The second-order valence-electron chi connectivity index (χ2n) is 5.17. The molecular weight excluding hydrogens is 308 g/mol. The van der Waals surface area contributed by atoms with Gasteiger partial charge in [-0.05, 0) is 30.4 Å². The van der Waals surface area contributed by atoms with E-state index >= 15 is 0 Å². The van der Waals surface area contributed by atoms with Crippen LogP contribution in [0.5, 0.6) is 0 Å². The van der Waals surface area contributed by atoms with E-state index in [1.165, 1.54) is 0 Å². The lowest BCUT2D eigenvalue weighted by Crippen LogP contribution is -3.00. The van der Waals surface area contributed by atoms with Crippen LogP contribution in [0.4, 0.5) is 11.5 Å². The third-order valence-electron chi connectivity index (χ3n) is 3.67. The Labute approximate surface area is 129 Å². The minimum Gasteiger partial charge on any atom is -0.595 e. The van der Waals surface area contributed by atoms with Gasteiger partial charge in [-0.25, -0.2) is 10.2 Å². The molecule has 118 valence electrons. The number of aromatic nitrogens is 2. The van der Waals surface area contributed by atoms with Gasteiger partial charge in [-0.1, -0.05) is 0 Å². The van der Waals surface area contributed by atoms with Gasteiger partial charge in [0.25, 0.3) is 5.69 Å². The summed E-state index contributed by atoms with van der Waals surface area (Å²) in [5.74, 6) is 0.460. The van der Waals surface area contributed by atoms with Gasteiger partial charge in [0.2, 0.25) is 5.82 Å². The first-order chi connectivity index (χ1) is 10.5. The number of nitrogens with one attached hydrogen (secondary N) is 2. The average molecular weight is 324 g/mol. The van der Waals surface area contributed by atoms with Crippen LogP contribution in [-0.4, -0.2) is 33.4 Å². The number of aromatic amines is 1. The summed E-state index contributed by atoms with van der Waals surface area (Å²) in [5.41, 5.74) is -0.197. The molecule has 2 unspecified atom stereocenters. The fourth-order valence-corrected chi connectivity index (χ4v) is 3.60. The second kappa shape index (κ2) is 5.78. The van der Waals surface area contributed by atoms with E-state index < -0.39 is 16.9 Å². The number of nitrogens with zero attached hydrogens (tertiary/aromatic N) is 2. The average Bonchev–Trinajstić information content (AvgIpc) is 2.84. The van der Waals surface area contributed by atoms with Crippen molar-refractivity contribution in [3.05, 3.63) is 43.3 Å². The number of rotatable bonds is 2. The Morgan fingerprint density at radius 1 is 1.59 bits per heavy atom. The van der Waals surface area contributed by atoms with E-state index in [1.54, 1.807) is 23.2 Å². The van der Waals surface area contributed by atoms with Crippen LogP contribution in [-0.2, 0) is 6.42 Å². The summed E-state index contributed by atoms with van der Waals surface area (Å²) in [7, 11) is 0. The molecule has 9 heteroatoms. The summed E-state index contributed by atoms with van der Waals surface area (Å²) in [6.45, 7) is 2.31. The van der Waals surface area contributed by atoms with Crippen LogP contribution in [0.2, 0.25) is 0 Å². The molecule has 0 fully saturated rings. The maximum atomic E-state index is 11.9. The number of anilines is 1. The van der Waals surface area contributed by atoms with Gasteiger partial charge < -0.3 is 20.2 Å². The highest BCUT2D eigenvalue weighted by molar-refractivity contribution is 7.10. The van der Waals surface area contributed by atoms with Gasteiger partial charge in [-0.2, -0.15) is 5.23 Å². The molecule has 0 saturated carbocycles. The molecule has 2 aromatic heterocycles. The minimum atomic E-state index is -1.32. The quantitative estimate of drug-likeness (QED) is 0.561. The molecule has 0 spiro atoms. The topological polar surface area (TPSA) is 117 Å². The maximum absolute atomic E-state index is 11.9. The fraction of sp³-hybridized carbons (Fsp3) is 0.385. The molecule has 3 rings (SSSR count). The first-order valence-corrected chi connectivity index (χ1v) is 7.69. The van der Waals surface area contributed by atoms with Crippen LogP contribution < -0.4 is 15.7 Å². The van der Waals surface area contributed by atoms with Gasteiger partial charge in [0.05, 0.1) is 6.10 Å².